The summed E-state index contributed by atoms with van der Waals surface area (Å²) in [6.07, 6.45) is 4.66. The standard InChI is InChI=1S/C21H22FN3/c1-4-7-17-14-20(25-24-17)18-8-5-6-9-19(18)23-16-12-10-15(11-13-16)21(2,3)22/h4-13,23H,14H2,1-3H3/b7-4+. The lowest BCUT2D eigenvalue weighted by molar-refractivity contribution is 0.221. The number of hydrogen-bond acceptors (Lipinski definition) is 3. The Labute approximate surface area is 148 Å². The van der Waals surface area contributed by atoms with Crippen LogP contribution in [-0.2, 0) is 5.67 Å². The second-order valence-electron chi connectivity index (χ2n) is 6.54. The number of benzene rings is 2. The van der Waals surface area contributed by atoms with Gasteiger partial charge < -0.3 is 5.32 Å². The Bertz CT molecular complexity index is 840. The van der Waals surface area contributed by atoms with Crippen molar-refractivity contribution in [2.75, 3.05) is 5.32 Å². The van der Waals surface area contributed by atoms with Crippen LogP contribution >= 0.6 is 0 Å². The number of hydrogen-bond donors (Lipinski definition) is 1. The second-order valence-corrected chi connectivity index (χ2v) is 6.54. The first-order valence-electron chi connectivity index (χ1n) is 8.39. The molecule has 0 unspecified atom stereocenters. The fourth-order valence-corrected chi connectivity index (χ4v) is 2.75. The van der Waals surface area contributed by atoms with Gasteiger partial charge in [-0.2, -0.15) is 10.2 Å². The van der Waals surface area contributed by atoms with Crippen molar-refractivity contribution in [3.05, 3.63) is 71.8 Å². The molecule has 3 rings (SSSR count). The summed E-state index contributed by atoms with van der Waals surface area (Å²) in [6, 6.07) is 15.4. The summed E-state index contributed by atoms with van der Waals surface area (Å²) in [5.41, 5.74) is 4.13. The van der Waals surface area contributed by atoms with Crippen molar-refractivity contribution in [3.8, 4) is 0 Å². The molecule has 0 spiro atoms. The maximum absolute atomic E-state index is 14.0. The quantitative estimate of drug-likeness (QED) is 0.741. The SMILES string of the molecule is C/C=C/C1=NN=C(c2ccccc2Nc2ccc(C(C)(C)F)cc2)C1. The van der Waals surface area contributed by atoms with Crippen LogP contribution in [0.4, 0.5) is 15.8 Å². The van der Waals surface area contributed by atoms with E-state index in [1.165, 1.54) is 0 Å². The van der Waals surface area contributed by atoms with E-state index >= 15 is 0 Å². The van der Waals surface area contributed by atoms with Crippen LogP contribution in [0.25, 0.3) is 0 Å². The van der Waals surface area contributed by atoms with Gasteiger partial charge in [0.25, 0.3) is 0 Å². The molecule has 0 saturated carbocycles. The van der Waals surface area contributed by atoms with Gasteiger partial charge in [-0.15, -0.1) is 0 Å². The third-order valence-corrected chi connectivity index (χ3v) is 4.10. The summed E-state index contributed by atoms with van der Waals surface area (Å²) in [6.45, 7) is 5.09. The predicted octanol–water partition coefficient (Wildman–Crippen LogP) is 5.76. The van der Waals surface area contributed by atoms with Crippen LogP contribution < -0.4 is 5.32 Å². The van der Waals surface area contributed by atoms with Crippen molar-refractivity contribution in [3.63, 3.8) is 0 Å². The Hall–Kier alpha value is -2.75. The zero-order valence-electron chi connectivity index (χ0n) is 14.8. The van der Waals surface area contributed by atoms with E-state index in [2.05, 4.69) is 15.5 Å². The lowest BCUT2D eigenvalue weighted by Gasteiger charge is -2.16. The number of anilines is 2. The molecule has 25 heavy (non-hydrogen) atoms. The minimum atomic E-state index is -1.34. The first-order valence-corrected chi connectivity index (χ1v) is 8.39. The van der Waals surface area contributed by atoms with E-state index in [-0.39, 0.29) is 0 Å². The average molecular weight is 335 g/mol. The normalized spacial score (nSPS) is 14.6. The van der Waals surface area contributed by atoms with Crippen LogP contribution in [0.3, 0.4) is 0 Å². The van der Waals surface area contributed by atoms with Gasteiger partial charge in [-0.05, 0) is 50.6 Å². The number of allylic oxidation sites excluding steroid dienone is 2. The van der Waals surface area contributed by atoms with Gasteiger partial charge in [0.05, 0.1) is 11.4 Å². The lowest BCUT2D eigenvalue weighted by Crippen LogP contribution is -2.09. The predicted molar refractivity (Wildman–Crippen MR) is 104 cm³/mol. The minimum absolute atomic E-state index is 0.663. The van der Waals surface area contributed by atoms with Gasteiger partial charge >= 0.3 is 0 Å². The molecule has 0 bridgehead atoms. The second kappa shape index (κ2) is 7.01. The van der Waals surface area contributed by atoms with Crippen LogP contribution in [-0.4, -0.2) is 11.4 Å². The van der Waals surface area contributed by atoms with E-state index in [0.29, 0.717) is 5.56 Å². The van der Waals surface area contributed by atoms with Crippen LogP contribution in [0.15, 0.2) is 70.9 Å². The lowest BCUT2D eigenvalue weighted by atomic mass is 10.00. The molecular weight excluding hydrogens is 313 g/mol. The summed E-state index contributed by atoms with van der Waals surface area (Å²) in [5, 5.41) is 11.9. The van der Waals surface area contributed by atoms with Crippen LogP contribution in [0.2, 0.25) is 0 Å². The molecule has 1 heterocycles. The van der Waals surface area contributed by atoms with Gasteiger partial charge in [0.2, 0.25) is 0 Å². The average Bonchev–Trinajstić information content (AvgIpc) is 3.04. The molecule has 0 radical (unpaired) electrons. The number of rotatable bonds is 5. The molecule has 0 saturated heterocycles. The van der Waals surface area contributed by atoms with Crippen LogP contribution in [0.1, 0.15) is 38.3 Å². The summed E-state index contributed by atoms with van der Waals surface area (Å²) >= 11 is 0. The van der Waals surface area contributed by atoms with Crippen molar-refractivity contribution in [1.29, 1.82) is 0 Å². The maximum Gasteiger partial charge on any atom is 0.130 e. The van der Waals surface area contributed by atoms with Gasteiger partial charge in [0.15, 0.2) is 0 Å². The van der Waals surface area contributed by atoms with Gasteiger partial charge in [-0.1, -0.05) is 36.4 Å². The highest BCUT2D eigenvalue weighted by molar-refractivity contribution is 6.20. The fraction of sp³-hybridized carbons (Fsp3) is 0.238. The Morgan fingerprint density at radius 1 is 1.04 bits per heavy atom. The maximum atomic E-state index is 14.0. The van der Waals surface area contributed by atoms with Gasteiger partial charge in [-0.3, -0.25) is 0 Å². The molecule has 0 aromatic heterocycles. The highest BCUT2D eigenvalue weighted by atomic mass is 19.1. The Morgan fingerprint density at radius 3 is 2.44 bits per heavy atom. The molecule has 0 aliphatic carbocycles. The molecule has 2 aromatic carbocycles. The van der Waals surface area contributed by atoms with E-state index in [1.807, 2.05) is 67.6 Å². The molecule has 1 N–H and O–H groups in total. The first kappa shape index (κ1) is 17.1. The summed E-state index contributed by atoms with van der Waals surface area (Å²) < 4.78 is 14.0. The zero-order chi connectivity index (χ0) is 17.9. The molecule has 128 valence electrons. The molecule has 0 fully saturated rings. The van der Waals surface area contributed by atoms with Gasteiger partial charge in [-0.25, -0.2) is 4.39 Å². The van der Waals surface area contributed by atoms with Crippen molar-refractivity contribution in [2.24, 2.45) is 10.2 Å². The topological polar surface area (TPSA) is 36.8 Å². The summed E-state index contributed by atoms with van der Waals surface area (Å²) in [7, 11) is 0. The molecule has 2 aromatic rings. The molecule has 4 heteroatoms. The van der Waals surface area contributed by atoms with Crippen molar-refractivity contribution >= 4 is 22.8 Å². The van der Waals surface area contributed by atoms with E-state index < -0.39 is 5.67 Å². The monoisotopic (exact) mass is 335 g/mol. The molecule has 0 atom stereocenters. The number of nitrogens with zero attached hydrogens (tertiary/aromatic N) is 2. The van der Waals surface area contributed by atoms with Gasteiger partial charge in [0.1, 0.15) is 5.67 Å². The van der Waals surface area contributed by atoms with E-state index in [4.69, 9.17) is 0 Å². The van der Waals surface area contributed by atoms with Crippen LogP contribution in [0.5, 0.6) is 0 Å². The van der Waals surface area contributed by atoms with Crippen molar-refractivity contribution in [2.45, 2.75) is 32.9 Å². The first-order chi connectivity index (χ1) is 12.0. The van der Waals surface area contributed by atoms with Crippen LogP contribution in [0, 0.1) is 0 Å². The Balaban J connectivity index is 1.81. The largest absolute Gasteiger partial charge is 0.355 e. The fourth-order valence-electron chi connectivity index (χ4n) is 2.75. The highest BCUT2D eigenvalue weighted by Crippen LogP contribution is 2.28. The number of halogens is 1. The summed E-state index contributed by atoms with van der Waals surface area (Å²) in [5.74, 6) is 0. The van der Waals surface area contributed by atoms with Crippen molar-refractivity contribution in [1.82, 2.24) is 0 Å². The third kappa shape index (κ3) is 4.02. The molecule has 1 aliphatic rings. The van der Waals surface area contributed by atoms with E-state index in [1.54, 1.807) is 13.8 Å². The number of para-hydroxylation sites is 1. The minimum Gasteiger partial charge on any atom is -0.355 e. The third-order valence-electron chi connectivity index (χ3n) is 4.10. The van der Waals surface area contributed by atoms with E-state index in [0.717, 1.165) is 34.8 Å². The van der Waals surface area contributed by atoms with E-state index in [9.17, 15) is 4.39 Å². The highest BCUT2D eigenvalue weighted by Gasteiger charge is 2.19. The number of alkyl halides is 1. The zero-order valence-corrected chi connectivity index (χ0v) is 14.8. The molecule has 0 amide bonds. The molecule has 3 nitrogen and oxygen atoms in total. The number of nitrogens with one attached hydrogen (secondary N) is 1. The van der Waals surface area contributed by atoms with Crippen molar-refractivity contribution < 1.29 is 4.39 Å². The smallest absolute Gasteiger partial charge is 0.130 e. The molecular formula is C21H22FN3. The molecule has 1 aliphatic heterocycles. The Kier molecular flexibility index (Phi) is 4.79. The summed E-state index contributed by atoms with van der Waals surface area (Å²) in [4.78, 5) is 0. The Morgan fingerprint density at radius 2 is 1.76 bits per heavy atom. The van der Waals surface area contributed by atoms with Gasteiger partial charge in [0, 0.05) is 23.4 Å².